The molecule has 2 aliphatic heterocycles. The standard InChI is InChI=1S/C15H29NOS/c1-3-4-5-12(2)14(16)13-6-8-17-15(10-13)7-9-18-11-15/h12-14H,3-11,16H2,1-2H3. The van der Waals surface area contributed by atoms with E-state index in [-0.39, 0.29) is 5.60 Å². The molecule has 0 aromatic rings. The summed E-state index contributed by atoms with van der Waals surface area (Å²) in [6, 6.07) is 0.378. The highest BCUT2D eigenvalue weighted by Gasteiger charge is 2.42. The minimum atomic E-state index is 0.190. The first-order chi connectivity index (χ1) is 8.67. The van der Waals surface area contributed by atoms with Crippen molar-refractivity contribution in [3.05, 3.63) is 0 Å². The molecule has 0 saturated carbocycles. The second-order valence-corrected chi connectivity index (χ2v) is 7.39. The molecule has 2 fully saturated rings. The van der Waals surface area contributed by atoms with Gasteiger partial charge in [0, 0.05) is 18.4 Å². The normalized spacial score (nSPS) is 35.8. The van der Waals surface area contributed by atoms with E-state index in [4.69, 9.17) is 10.5 Å². The summed E-state index contributed by atoms with van der Waals surface area (Å²) < 4.78 is 6.09. The monoisotopic (exact) mass is 271 g/mol. The van der Waals surface area contributed by atoms with Crippen molar-refractivity contribution in [2.24, 2.45) is 17.6 Å². The molecule has 1 spiro atoms. The summed E-state index contributed by atoms with van der Waals surface area (Å²) in [5, 5.41) is 0. The fourth-order valence-electron chi connectivity index (χ4n) is 3.44. The summed E-state index contributed by atoms with van der Waals surface area (Å²) in [5.41, 5.74) is 6.71. The van der Waals surface area contributed by atoms with E-state index in [1.165, 1.54) is 50.0 Å². The van der Waals surface area contributed by atoms with Crippen LogP contribution in [0.4, 0.5) is 0 Å². The Morgan fingerprint density at radius 3 is 3.00 bits per heavy atom. The second kappa shape index (κ2) is 6.62. The highest BCUT2D eigenvalue weighted by atomic mass is 32.2. The molecule has 2 nitrogen and oxygen atoms in total. The molecule has 18 heavy (non-hydrogen) atoms. The molecule has 2 heterocycles. The molecule has 0 bridgehead atoms. The van der Waals surface area contributed by atoms with Crippen LogP contribution in [0.15, 0.2) is 0 Å². The Morgan fingerprint density at radius 2 is 2.33 bits per heavy atom. The van der Waals surface area contributed by atoms with E-state index in [0.717, 1.165) is 6.61 Å². The first-order valence-electron chi connectivity index (χ1n) is 7.64. The van der Waals surface area contributed by atoms with E-state index in [0.29, 0.717) is 17.9 Å². The molecule has 4 atom stereocenters. The number of rotatable bonds is 5. The first kappa shape index (κ1) is 14.7. The summed E-state index contributed by atoms with van der Waals surface area (Å²) in [6.07, 6.45) is 7.51. The molecule has 2 N–H and O–H groups in total. The fraction of sp³-hybridized carbons (Fsp3) is 1.00. The van der Waals surface area contributed by atoms with Gasteiger partial charge in [-0.25, -0.2) is 0 Å². The van der Waals surface area contributed by atoms with Gasteiger partial charge in [-0.3, -0.25) is 0 Å². The van der Waals surface area contributed by atoms with Crippen LogP contribution in [0.1, 0.15) is 52.4 Å². The smallest absolute Gasteiger partial charge is 0.0783 e. The molecular weight excluding hydrogens is 242 g/mol. The molecule has 2 aliphatic rings. The lowest BCUT2D eigenvalue weighted by atomic mass is 9.77. The zero-order valence-electron chi connectivity index (χ0n) is 12.0. The third-order valence-corrected chi connectivity index (χ3v) is 6.04. The minimum Gasteiger partial charge on any atom is -0.374 e. The van der Waals surface area contributed by atoms with E-state index >= 15 is 0 Å². The van der Waals surface area contributed by atoms with Gasteiger partial charge in [0.05, 0.1) is 5.60 Å². The molecule has 2 saturated heterocycles. The van der Waals surface area contributed by atoms with Gasteiger partial charge in [0.15, 0.2) is 0 Å². The molecule has 0 aromatic heterocycles. The lowest BCUT2D eigenvalue weighted by molar-refractivity contribution is -0.0858. The zero-order chi connectivity index (χ0) is 13.0. The van der Waals surface area contributed by atoms with Gasteiger partial charge >= 0.3 is 0 Å². The highest BCUT2D eigenvalue weighted by Crippen LogP contribution is 2.42. The number of thioether (sulfide) groups is 1. The van der Waals surface area contributed by atoms with E-state index < -0.39 is 0 Å². The predicted molar refractivity (Wildman–Crippen MR) is 80.0 cm³/mol. The number of unbranched alkanes of at least 4 members (excludes halogenated alkanes) is 1. The van der Waals surface area contributed by atoms with Gasteiger partial charge in [-0.15, -0.1) is 0 Å². The molecule has 0 radical (unpaired) electrons. The van der Waals surface area contributed by atoms with Crippen molar-refractivity contribution in [2.75, 3.05) is 18.1 Å². The van der Waals surface area contributed by atoms with Crippen LogP contribution in [-0.2, 0) is 4.74 Å². The number of ether oxygens (including phenoxy) is 1. The average Bonchev–Trinajstić information content (AvgIpc) is 2.83. The topological polar surface area (TPSA) is 35.2 Å². The van der Waals surface area contributed by atoms with Crippen LogP contribution >= 0.6 is 11.8 Å². The Bertz CT molecular complexity index is 253. The molecule has 0 amide bonds. The maximum absolute atomic E-state index is 6.52. The van der Waals surface area contributed by atoms with Crippen LogP contribution in [0.2, 0.25) is 0 Å². The van der Waals surface area contributed by atoms with Crippen LogP contribution in [-0.4, -0.2) is 29.8 Å². The van der Waals surface area contributed by atoms with Gasteiger partial charge in [0.1, 0.15) is 0 Å². The Hall–Kier alpha value is 0.270. The van der Waals surface area contributed by atoms with Crippen LogP contribution in [0.25, 0.3) is 0 Å². The van der Waals surface area contributed by atoms with Crippen LogP contribution in [0.5, 0.6) is 0 Å². The van der Waals surface area contributed by atoms with Crippen LogP contribution in [0, 0.1) is 11.8 Å². The van der Waals surface area contributed by atoms with E-state index in [2.05, 4.69) is 13.8 Å². The third-order valence-electron chi connectivity index (χ3n) is 4.81. The minimum absolute atomic E-state index is 0.190. The van der Waals surface area contributed by atoms with E-state index in [1.807, 2.05) is 11.8 Å². The van der Waals surface area contributed by atoms with Crippen molar-refractivity contribution >= 4 is 11.8 Å². The van der Waals surface area contributed by atoms with Crippen LogP contribution < -0.4 is 5.73 Å². The Morgan fingerprint density at radius 1 is 1.50 bits per heavy atom. The van der Waals surface area contributed by atoms with Crippen molar-refractivity contribution in [1.29, 1.82) is 0 Å². The van der Waals surface area contributed by atoms with Crippen molar-refractivity contribution < 1.29 is 4.74 Å². The lowest BCUT2D eigenvalue weighted by Gasteiger charge is -2.41. The molecule has 0 aromatic carbocycles. The van der Waals surface area contributed by atoms with E-state index in [1.54, 1.807) is 0 Å². The maximum Gasteiger partial charge on any atom is 0.0783 e. The Labute approximate surface area is 116 Å². The summed E-state index contributed by atoms with van der Waals surface area (Å²) in [5.74, 6) is 3.82. The average molecular weight is 271 g/mol. The van der Waals surface area contributed by atoms with Crippen LogP contribution in [0.3, 0.4) is 0 Å². The summed E-state index contributed by atoms with van der Waals surface area (Å²) in [4.78, 5) is 0. The largest absolute Gasteiger partial charge is 0.374 e. The molecule has 3 heteroatoms. The second-order valence-electron chi connectivity index (χ2n) is 6.28. The van der Waals surface area contributed by atoms with Crippen molar-refractivity contribution in [3.8, 4) is 0 Å². The first-order valence-corrected chi connectivity index (χ1v) is 8.79. The molecular formula is C15H29NOS. The maximum atomic E-state index is 6.52. The van der Waals surface area contributed by atoms with Crippen molar-refractivity contribution in [1.82, 2.24) is 0 Å². The Kier molecular flexibility index (Phi) is 5.40. The van der Waals surface area contributed by atoms with Crippen molar-refractivity contribution in [2.45, 2.75) is 64.0 Å². The van der Waals surface area contributed by atoms with Crippen molar-refractivity contribution in [3.63, 3.8) is 0 Å². The number of hydrogen-bond donors (Lipinski definition) is 1. The lowest BCUT2D eigenvalue weighted by Crippen LogP contribution is -2.47. The number of hydrogen-bond acceptors (Lipinski definition) is 3. The molecule has 0 aliphatic carbocycles. The summed E-state index contributed by atoms with van der Waals surface area (Å²) >= 11 is 2.05. The zero-order valence-corrected chi connectivity index (χ0v) is 12.8. The van der Waals surface area contributed by atoms with Gasteiger partial charge in [-0.1, -0.05) is 26.7 Å². The summed E-state index contributed by atoms with van der Waals surface area (Å²) in [7, 11) is 0. The van der Waals surface area contributed by atoms with Gasteiger partial charge in [-0.2, -0.15) is 11.8 Å². The molecule has 2 rings (SSSR count). The molecule has 106 valence electrons. The fourth-order valence-corrected chi connectivity index (χ4v) is 4.82. The quantitative estimate of drug-likeness (QED) is 0.832. The highest BCUT2D eigenvalue weighted by molar-refractivity contribution is 7.99. The van der Waals surface area contributed by atoms with Gasteiger partial charge in [-0.05, 0) is 43.3 Å². The SMILES string of the molecule is CCCCC(C)C(N)C1CCOC2(CCSC2)C1. The number of nitrogens with two attached hydrogens (primary N) is 1. The van der Waals surface area contributed by atoms with E-state index in [9.17, 15) is 0 Å². The van der Waals surface area contributed by atoms with Gasteiger partial charge in [0.2, 0.25) is 0 Å². The summed E-state index contributed by atoms with van der Waals surface area (Å²) in [6.45, 7) is 5.53. The predicted octanol–water partition coefficient (Wildman–Crippen LogP) is 3.44. The molecule has 4 unspecified atom stereocenters. The van der Waals surface area contributed by atoms with Gasteiger partial charge in [0.25, 0.3) is 0 Å². The Balaban J connectivity index is 1.87. The van der Waals surface area contributed by atoms with Gasteiger partial charge < -0.3 is 10.5 Å². The third kappa shape index (κ3) is 3.43.